The number of hydrogen-bond donors (Lipinski definition) is 2. The fourth-order valence-electron chi connectivity index (χ4n) is 3.10. The third-order valence-electron chi connectivity index (χ3n) is 4.92. The molecule has 3 rings (SSSR count). The van der Waals surface area contributed by atoms with E-state index >= 15 is 0 Å². The van der Waals surface area contributed by atoms with Gasteiger partial charge in [-0.25, -0.2) is 23.9 Å². The van der Waals surface area contributed by atoms with Gasteiger partial charge in [-0.05, 0) is 26.0 Å². The lowest BCUT2D eigenvalue weighted by atomic mass is 10.0. The van der Waals surface area contributed by atoms with Crippen molar-refractivity contribution in [2.75, 3.05) is 11.9 Å². The summed E-state index contributed by atoms with van der Waals surface area (Å²) in [6, 6.07) is 0.325. The second-order valence-electron chi connectivity index (χ2n) is 7.42. The first-order valence-corrected chi connectivity index (χ1v) is 10.1. The highest BCUT2D eigenvalue weighted by molar-refractivity contribution is 6.33. The highest BCUT2D eigenvalue weighted by Gasteiger charge is 2.44. The molecule has 1 amide bonds. The van der Waals surface area contributed by atoms with Crippen molar-refractivity contribution in [3.8, 4) is 11.3 Å². The topological polar surface area (TPSA) is 122 Å². The van der Waals surface area contributed by atoms with Crippen LogP contribution in [0.25, 0.3) is 11.3 Å². The first-order chi connectivity index (χ1) is 15.8. The largest absolute Gasteiger partial charge is 0.491 e. The highest BCUT2D eigenvalue weighted by atomic mass is 35.5. The smallest absolute Gasteiger partial charge is 0.394 e. The molecule has 1 aliphatic heterocycles. The van der Waals surface area contributed by atoms with Crippen LogP contribution in [0.15, 0.2) is 18.3 Å². The molecule has 0 bridgehead atoms. The molecule has 0 saturated carbocycles. The van der Waals surface area contributed by atoms with Gasteiger partial charge in [-0.15, -0.1) is 0 Å². The van der Waals surface area contributed by atoms with Crippen LogP contribution in [-0.2, 0) is 20.9 Å². The quantitative estimate of drug-likeness (QED) is 0.350. The number of carbonyl (C=O) groups is 3. The molecule has 1 aliphatic rings. The predicted octanol–water partition coefficient (Wildman–Crippen LogP) is 2.71. The number of rotatable bonds is 6. The average molecular weight is 505 g/mol. The van der Waals surface area contributed by atoms with Crippen LogP contribution in [0.4, 0.5) is 23.5 Å². The number of halogens is 5. The van der Waals surface area contributed by atoms with E-state index in [0.717, 1.165) is 17.9 Å². The van der Waals surface area contributed by atoms with Gasteiger partial charge < -0.3 is 20.1 Å². The Hall–Kier alpha value is -3.32. The molecule has 0 radical (unpaired) electrons. The van der Waals surface area contributed by atoms with Crippen molar-refractivity contribution < 1.29 is 41.8 Å². The van der Waals surface area contributed by atoms with Crippen LogP contribution in [0.1, 0.15) is 29.8 Å². The van der Waals surface area contributed by atoms with Crippen LogP contribution in [-0.4, -0.2) is 62.7 Å². The average Bonchev–Trinajstić information content (AvgIpc) is 3.10. The van der Waals surface area contributed by atoms with E-state index in [9.17, 15) is 31.9 Å². The van der Waals surface area contributed by atoms with E-state index in [0.29, 0.717) is 0 Å². The summed E-state index contributed by atoms with van der Waals surface area (Å²) in [5.74, 6) is -5.96. The van der Waals surface area contributed by atoms with Gasteiger partial charge in [0.2, 0.25) is 5.95 Å². The lowest BCUT2D eigenvalue weighted by Gasteiger charge is -2.22. The minimum atomic E-state index is -5.39. The van der Waals surface area contributed by atoms with Crippen LogP contribution < -0.4 is 5.32 Å². The molecule has 9 nitrogen and oxygen atoms in total. The van der Waals surface area contributed by atoms with Gasteiger partial charge in [-0.2, -0.15) is 13.2 Å². The van der Waals surface area contributed by atoms with E-state index in [1.807, 2.05) is 0 Å². The maximum atomic E-state index is 14.9. The van der Waals surface area contributed by atoms with Crippen molar-refractivity contribution >= 4 is 35.4 Å². The van der Waals surface area contributed by atoms with Crippen LogP contribution >= 0.6 is 11.6 Å². The number of ether oxygens (including phenoxy) is 1. The number of nitrogens with zero attached hydrogens (tertiary/aromatic N) is 3. The van der Waals surface area contributed by atoms with E-state index in [1.54, 1.807) is 6.92 Å². The van der Waals surface area contributed by atoms with Crippen molar-refractivity contribution in [2.24, 2.45) is 0 Å². The molecule has 0 spiro atoms. The lowest BCUT2D eigenvalue weighted by Crippen LogP contribution is -2.42. The molecular formula is C20H17ClF4N4O5. The number of esters is 2. The Morgan fingerprint density at radius 3 is 2.62 bits per heavy atom. The number of alkyl halides is 3. The van der Waals surface area contributed by atoms with Crippen LogP contribution in [0.2, 0.25) is 5.02 Å². The summed E-state index contributed by atoms with van der Waals surface area (Å²) in [5, 5.41) is 12.0. The standard InChI is InChI=1S/C20H17ClF4N4O5/c1-8(7-30)27-19-26-5-13(21)15(28-19)10-3-11-12(14(22)4-10)6-29(16(11)31)9(2)17(32)34-18(33)20(23,24)25/h3-5,8-9,30H,6-7H2,1-2H3,(H,26,27,28)/t8-,9+/m0/s1. The van der Waals surface area contributed by atoms with Crippen LogP contribution in [0.3, 0.4) is 0 Å². The van der Waals surface area contributed by atoms with Crippen LogP contribution in [0, 0.1) is 5.82 Å². The van der Waals surface area contributed by atoms with Gasteiger partial charge in [0.05, 0.1) is 30.1 Å². The molecule has 2 N–H and O–H groups in total. The lowest BCUT2D eigenvalue weighted by molar-refractivity contribution is -0.203. The molecule has 34 heavy (non-hydrogen) atoms. The highest BCUT2D eigenvalue weighted by Crippen LogP contribution is 2.34. The van der Waals surface area contributed by atoms with Crippen molar-refractivity contribution in [2.45, 2.75) is 38.7 Å². The molecule has 2 atom stereocenters. The summed E-state index contributed by atoms with van der Waals surface area (Å²) in [6.07, 6.45) is -4.15. The zero-order valence-corrected chi connectivity index (χ0v) is 18.4. The van der Waals surface area contributed by atoms with Crippen LogP contribution in [0.5, 0.6) is 0 Å². The Bertz CT molecular complexity index is 1160. The maximum absolute atomic E-state index is 14.9. The summed E-state index contributed by atoms with van der Waals surface area (Å²) < 4.78 is 55.7. The number of nitrogens with one attached hydrogen (secondary N) is 1. The molecule has 14 heteroatoms. The fraction of sp³-hybridized carbons (Fsp3) is 0.350. The van der Waals surface area contributed by atoms with Crippen molar-refractivity contribution in [3.05, 3.63) is 40.3 Å². The number of amides is 1. The first-order valence-electron chi connectivity index (χ1n) is 9.70. The van der Waals surface area contributed by atoms with Gasteiger partial charge in [-0.3, -0.25) is 4.79 Å². The fourth-order valence-corrected chi connectivity index (χ4v) is 3.30. The molecule has 182 valence electrons. The molecule has 0 saturated heterocycles. The van der Waals surface area contributed by atoms with Gasteiger partial charge in [0, 0.05) is 22.7 Å². The van der Waals surface area contributed by atoms with Gasteiger partial charge >= 0.3 is 18.1 Å². The number of aliphatic hydroxyl groups is 1. The van der Waals surface area contributed by atoms with E-state index in [-0.39, 0.29) is 40.0 Å². The normalized spacial score (nSPS) is 15.1. The number of aromatic nitrogens is 2. The van der Waals surface area contributed by atoms with E-state index in [4.69, 9.17) is 16.7 Å². The number of aliphatic hydroxyl groups excluding tert-OH is 1. The molecule has 0 aliphatic carbocycles. The Morgan fingerprint density at radius 2 is 2.00 bits per heavy atom. The minimum absolute atomic E-state index is 0.0338. The first kappa shape index (κ1) is 25.3. The SMILES string of the molecule is C[C@H](C(=O)OC(=O)C(F)(F)F)N1Cc2c(F)cc(-c3nc(N[C@@H](C)CO)ncc3Cl)cc2C1=O. The van der Waals surface area contributed by atoms with Gasteiger partial charge in [0.25, 0.3) is 5.91 Å². The molecule has 0 fully saturated rings. The summed E-state index contributed by atoms with van der Waals surface area (Å²) in [7, 11) is 0. The number of anilines is 1. The van der Waals surface area contributed by atoms with E-state index in [2.05, 4.69) is 20.0 Å². The third kappa shape index (κ3) is 5.09. The van der Waals surface area contributed by atoms with Crippen molar-refractivity contribution in [1.29, 1.82) is 0 Å². The third-order valence-corrected chi connectivity index (χ3v) is 5.19. The summed E-state index contributed by atoms with van der Waals surface area (Å²) in [4.78, 5) is 44.6. The Kier molecular flexibility index (Phi) is 7.07. The van der Waals surface area contributed by atoms with Gasteiger partial charge in [0.1, 0.15) is 11.9 Å². The Labute approximate surface area is 194 Å². The second kappa shape index (κ2) is 9.50. The van der Waals surface area contributed by atoms with Crippen molar-refractivity contribution in [1.82, 2.24) is 14.9 Å². The van der Waals surface area contributed by atoms with E-state index < -0.39 is 48.5 Å². The number of fused-ring (bicyclic) bond motifs is 1. The molecular weight excluding hydrogens is 488 g/mol. The zero-order chi connectivity index (χ0) is 25.4. The van der Waals surface area contributed by atoms with Crippen molar-refractivity contribution in [3.63, 3.8) is 0 Å². The molecule has 2 aromatic rings. The van der Waals surface area contributed by atoms with Gasteiger partial charge in [0.15, 0.2) is 0 Å². The predicted molar refractivity (Wildman–Crippen MR) is 109 cm³/mol. The number of benzene rings is 1. The monoisotopic (exact) mass is 504 g/mol. The number of hydrogen-bond acceptors (Lipinski definition) is 8. The molecule has 0 unspecified atom stereocenters. The molecule has 2 heterocycles. The Morgan fingerprint density at radius 1 is 1.32 bits per heavy atom. The zero-order valence-electron chi connectivity index (χ0n) is 17.6. The minimum Gasteiger partial charge on any atom is -0.394 e. The summed E-state index contributed by atoms with van der Waals surface area (Å²) in [5.41, 5.74) is -0.0980. The second-order valence-corrected chi connectivity index (χ2v) is 7.82. The maximum Gasteiger partial charge on any atom is 0.491 e. The summed E-state index contributed by atoms with van der Waals surface area (Å²) in [6.45, 7) is 2.06. The van der Waals surface area contributed by atoms with Gasteiger partial charge in [-0.1, -0.05) is 11.6 Å². The number of carbonyl (C=O) groups excluding carboxylic acids is 3. The van der Waals surface area contributed by atoms with E-state index in [1.165, 1.54) is 12.3 Å². The molecule has 1 aromatic heterocycles. The Balaban J connectivity index is 1.89. The molecule has 1 aromatic carbocycles. The summed E-state index contributed by atoms with van der Waals surface area (Å²) >= 11 is 6.14.